The van der Waals surface area contributed by atoms with Gasteiger partial charge in [-0.2, -0.15) is 0 Å². The zero-order valence-corrected chi connectivity index (χ0v) is 35.7. The van der Waals surface area contributed by atoms with E-state index in [4.69, 9.17) is 33.2 Å². The summed E-state index contributed by atoms with van der Waals surface area (Å²) in [7, 11) is 0. The van der Waals surface area contributed by atoms with Crippen molar-refractivity contribution >= 4 is 47.4 Å². The van der Waals surface area contributed by atoms with Crippen LogP contribution in [-0.4, -0.2) is 224 Å². The van der Waals surface area contributed by atoms with E-state index in [9.17, 15) is 79.2 Å². The molecule has 4 saturated heterocycles. The van der Waals surface area contributed by atoms with Gasteiger partial charge in [0.05, 0.1) is 31.3 Å². The minimum absolute atomic E-state index is 0.753. The number of aliphatic hydroxyl groups excluding tert-OH is 6. The van der Waals surface area contributed by atoms with Crippen molar-refractivity contribution in [3.05, 3.63) is 0 Å². The second kappa shape index (κ2) is 22.6. The molecule has 0 aromatic heterocycles. The highest BCUT2D eigenvalue weighted by atomic mass is 16.8. The van der Waals surface area contributed by atoms with Crippen molar-refractivity contribution in [3.8, 4) is 0 Å². The minimum Gasteiger partial charge on any atom is -0.479 e. The fourth-order valence-electron chi connectivity index (χ4n) is 8.00. The van der Waals surface area contributed by atoms with Gasteiger partial charge in [-0.15, -0.1) is 0 Å². The molecule has 368 valence electrons. The molecule has 29 nitrogen and oxygen atoms in total. The Kier molecular flexibility index (Phi) is 18.4. The molecule has 0 aromatic rings. The summed E-state index contributed by atoms with van der Waals surface area (Å²) in [6, 6.07) is -9.93. The minimum atomic E-state index is -2.25. The van der Waals surface area contributed by atoms with Gasteiger partial charge in [0.25, 0.3) is 0 Å². The number of hydrogen-bond donors (Lipinski definition) is 14. The molecule has 6 amide bonds. The Morgan fingerprint density at radius 1 is 0.415 bits per heavy atom. The number of carbonyl (C=O) groups excluding carboxylic acids is 6. The molecule has 0 aromatic carbocycles. The SMILES string of the molecule is CC(=O)N[C@@H]1[C@@H](NC(C)=O)[C@H](O[C@H]2[C@H](NC(C)=O)[C@@H](NC(C)=O)[C@@H](O[C@H]3[C@H](NC(C)=O)[C@H](NC(C)=O)[C@H](O)O[C@@H]3C(=O)O)O[C@@H]2CO)O[C@H](C(=O)O)[C@H]1O[C@H]1O[C@H](CO)[C@@H](O)[C@H](O)[C@H]1O. The number of nitrogens with one attached hydrogen (secondary N) is 6. The third kappa shape index (κ3) is 12.8. The lowest BCUT2D eigenvalue weighted by atomic mass is 9.90. The Balaban J connectivity index is 1.81. The van der Waals surface area contributed by atoms with E-state index < -0.39 is 183 Å². The molecular formula is C36H56N6O23. The zero-order valence-electron chi connectivity index (χ0n) is 35.7. The normalized spacial score (nSPS) is 39.4. The molecule has 4 aliphatic rings. The van der Waals surface area contributed by atoms with Crippen molar-refractivity contribution in [1.29, 1.82) is 0 Å². The first-order valence-electron chi connectivity index (χ1n) is 20.0. The van der Waals surface area contributed by atoms with Crippen LogP contribution in [0.25, 0.3) is 0 Å². The molecule has 0 saturated carbocycles. The molecule has 0 aliphatic carbocycles. The highest BCUT2D eigenvalue weighted by molar-refractivity contribution is 5.78. The average molecular weight is 941 g/mol. The van der Waals surface area contributed by atoms with Crippen LogP contribution in [0.2, 0.25) is 0 Å². The second-order valence-corrected chi connectivity index (χ2v) is 15.6. The molecule has 4 aliphatic heterocycles. The van der Waals surface area contributed by atoms with Gasteiger partial charge in [0, 0.05) is 41.5 Å². The van der Waals surface area contributed by atoms with Crippen LogP contribution < -0.4 is 31.9 Å². The Morgan fingerprint density at radius 2 is 0.754 bits per heavy atom. The van der Waals surface area contributed by atoms with E-state index in [1.165, 1.54) is 0 Å². The molecule has 65 heavy (non-hydrogen) atoms. The van der Waals surface area contributed by atoms with Gasteiger partial charge in [-0.05, 0) is 0 Å². The maximum absolute atomic E-state index is 12.9. The third-order valence-corrected chi connectivity index (χ3v) is 10.6. The summed E-state index contributed by atoms with van der Waals surface area (Å²) in [5, 5.41) is 97.9. The summed E-state index contributed by atoms with van der Waals surface area (Å²) in [4.78, 5) is 101. The largest absolute Gasteiger partial charge is 0.479 e. The average Bonchev–Trinajstić information content (AvgIpc) is 3.19. The van der Waals surface area contributed by atoms with E-state index >= 15 is 0 Å². The summed E-state index contributed by atoms with van der Waals surface area (Å²) >= 11 is 0. The number of aliphatic hydroxyl groups is 6. The van der Waals surface area contributed by atoms with Crippen LogP contribution in [0.5, 0.6) is 0 Å². The topological polar surface area (TPSA) is 435 Å². The lowest BCUT2D eigenvalue weighted by Gasteiger charge is -2.52. The molecule has 0 spiro atoms. The monoisotopic (exact) mass is 940 g/mol. The maximum atomic E-state index is 12.9. The first-order chi connectivity index (χ1) is 30.4. The van der Waals surface area contributed by atoms with Crippen LogP contribution in [0.4, 0.5) is 0 Å². The van der Waals surface area contributed by atoms with Crippen molar-refractivity contribution < 1.29 is 112 Å². The predicted octanol–water partition coefficient (Wildman–Crippen LogP) is -8.70. The number of hydrogen-bond acceptors (Lipinski definition) is 21. The fourth-order valence-corrected chi connectivity index (χ4v) is 8.00. The number of carbonyl (C=O) groups is 8. The maximum Gasteiger partial charge on any atom is 0.335 e. The van der Waals surface area contributed by atoms with Crippen molar-refractivity contribution in [2.24, 2.45) is 0 Å². The van der Waals surface area contributed by atoms with E-state index in [2.05, 4.69) is 31.9 Å². The number of carboxylic acids is 2. The molecule has 0 bridgehead atoms. The van der Waals surface area contributed by atoms with Gasteiger partial charge in [-0.25, -0.2) is 9.59 Å². The van der Waals surface area contributed by atoms with Gasteiger partial charge < -0.3 is 106 Å². The van der Waals surface area contributed by atoms with Crippen molar-refractivity contribution in [2.45, 2.75) is 164 Å². The smallest absolute Gasteiger partial charge is 0.335 e. The third-order valence-electron chi connectivity index (χ3n) is 10.6. The Bertz CT molecular complexity index is 1760. The predicted molar refractivity (Wildman–Crippen MR) is 205 cm³/mol. The number of amides is 6. The zero-order chi connectivity index (χ0) is 48.8. The first kappa shape index (κ1) is 52.9. The van der Waals surface area contributed by atoms with Gasteiger partial charge in [0.2, 0.25) is 35.4 Å². The van der Waals surface area contributed by atoms with Gasteiger partial charge in [-0.3, -0.25) is 28.8 Å². The molecule has 0 radical (unpaired) electrons. The first-order valence-corrected chi connectivity index (χ1v) is 20.0. The summed E-state index contributed by atoms with van der Waals surface area (Å²) in [5.41, 5.74) is 0. The highest BCUT2D eigenvalue weighted by Crippen LogP contribution is 2.35. The van der Waals surface area contributed by atoms with E-state index in [0.717, 1.165) is 41.5 Å². The number of aliphatic carboxylic acids is 2. The van der Waals surface area contributed by atoms with Crippen molar-refractivity contribution in [1.82, 2.24) is 31.9 Å². The molecular weight excluding hydrogens is 884 g/mol. The second-order valence-electron chi connectivity index (χ2n) is 15.6. The lowest BCUT2D eigenvalue weighted by molar-refractivity contribution is -0.347. The van der Waals surface area contributed by atoms with Crippen LogP contribution in [-0.2, 0) is 71.5 Å². The van der Waals surface area contributed by atoms with Crippen LogP contribution >= 0.6 is 0 Å². The Hall–Kier alpha value is -4.76. The van der Waals surface area contributed by atoms with E-state index in [0.29, 0.717) is 0 Å². The number of carboxylic acid groups (broad SMARTS) is 2. The van der Waals surface area contributed by atoms with Crippen LogP contribution in [0.1, 0.15) is 41.5 Å². The van der Waals surface area contributed by atoms with Crippen molar-refractivity contribution in [2.75, 3.05) is 13.2 Å². The van der Waals surface area contributed by atoms with Crippen LogP contribution in [0, 0.1) is 0 Å². The van der Waals surface area contributed by atoms with Gasteiger partial charge in [0.1, 0.15) is 67.0 Å². The molecule has 4 fully saturated rings. The standard InChI is InChI=1S/C36H56N6O23/c1-9(45)37-17-20(40-12(4)48)33(58)61-29(31(54)55)27(17)63-34-21(41-13(5)49)18(38-10(2)46)26(16(8-44)60-34)62-35-22(42-14(6)50)19(39-11(3)47)28(30(65-35)32(56)57)64-36-25(53)24(52)23(51)15(7-43)59-36/h15-30,33-36,43-44,51-53,58H,7-8H2,1-6H3,(H,37,45)(H,38,46)(H,39,47)(H,40,48)(H,41,49)(H,42,50)(H,54,55)(H,56,57)/t15-,16-,17-,18-,19-,20+,21-,22-,23-,24+,25-,26-,27+,28+,29+,30+,33-,34-,35-,36-/m1/s1. The van der Waals surface area contributed by atoms with Gasteiger partial charge in [-0.1, -0.05) is 0 Å². The summed E-state index contributed by atoms with van der Waals surface area (Å²) in [5.74, 6) is -8.47. The van der Waals surface area contributed by atoms with Crippen molar-refractivity contribution in [3.63, 3.8) is 0 Å². The molecule has 4 rings (SSSR count). The fraction of sp³-hybridized carbons (Fsp3) is 0.778. The van der Waals surface area contributed by atoms with Gasteiger partial charge >= 0.3 is 11.9 Å². The molecule has 20 atom stereocenters. The summed E-state index contributed by atoms with van der Waals surface area (Å²) in [6.45, 7) is 4.17. The van der Waals surface area contributed by atoms with E-state index in [1.54, 1.807) is 0 Å². The summed E-state index contributed by atoms with van der Waals surface area (Å²) in [6.07, 6.45) is -27.3. The highest BCUT2D eigenvalue weighted by Gasteiger charge is 2.58. The number of rotatable bonds is 16. The molecule has 0 unspecified atom stereocenters. The quantitative estimate of drug-likeness (QED) is 0.0683. The van der Waals surface area contributed by atoms with E-state index in [1.807, 2.05) is 0 Å². The Morgan fingerprint density at radius 3 is 1.18 bits per heavy atom. The van der Waals surface area contributed by atoms with Crippen LogP contribution in [0.15, 0.2) is 0 Å². The lowest BCUT2D eigenvalue weighted by Crippen LogP contribution is -2.75. The van der Waals surface area contributed by atoms with E-state index in [-0.39, 0.29) is 0 Å². The Labute approximate surface area is 368 Å². The summed E-state index contributed by atoms with van der Waals surface area (Å²) < 4.78 is 40.8. The molecule has 29 heteroatoms. The number of ether oxygens (including phenoxy) is 7. The molecule has 4 heterocycles. The van der Waals surface area contributed by atoms with Crippen LogP contribution in [0.3, 0.4) is 0 Å². The molecule has 14 N–H and O–H groups in total. The van der Waals surface area contributed by atoms with Gasteiger partial charge in [0.15, 0.2) is 37.4 Å².